The number of nitrogens with one attached hydrogen (secondary N) is 2. The lowest BCUT2D eigenvalue weighted by molar-refractivity contribution is 0.125. The Kier molecular flexibility index (Phi) is 8.62. The minimum atomic E-state index is 0.528. The first-order valence-corrected chi connectivity index (χ1v) is 12.0. The molecule has 2 N–H and O–H groups in total. The highest BCUT2D eigenvalue weighted by Crippen LogP contribution is 2.36. The molecular weight excluding hydrogens is 366 g/mol. The van der Waals surface area contributed by atoms with Gasteiger partial charge in [-0.25, -0.2) is 0 Å². The number of nitrogens with zero attached hydrogens (tertiary/aromatic N) is 3. The van der Waals surface area contributed by atoms with Crippen molar-refractivity contribution in [2.75, 3.05) is 46.8 Å². The Bertz CT molecular complexity index is 588. The van der Waals surface area contributed by atoms with E-state index in [9.17, 15) is 0 Å². The van der Waals surface area contributed by atoms with Gasteiger partial charge < -0.3 is 15.5 Å². The Labute approximate surface area is 175 Å². The van der Waals surface area contributed by atoms with Gasteiger partial charge in [0.15, 0.2) is 5.96 Å². The minimum absolute atomic E-state index is 0.528. The van der Waals surface area contributed by atoms with E-state index in [0.717, 1.165) is 25.1 Å². The van der Waals surface area contributed by atoms with Gasteiger partial charge in [-0.15, -0.1) is 11.3 Å². The molecule has 0 aliphatic carbocycles. The molecule has 3 heterocycles. The van der Waals surface area contributed by atoms with Crippen molar-refractivity contribution in [2.45, 2.75) is 57.5 Å². The smallest absolute Gasteiger partial charge is 0.190 e. The first-order chi connectivity index (χ1) is 13.7. The summed E-state index contributed by atoms with van der Waals surface area (Å²) in [6.45, 7) is 8.00. The molecule has 0 aromatic carbocycles. The summed E-state index contributed by atoms with van der Waals surface area (Å²) in [5.74, 6) is 1.58. The van der Waals surface area contributed by atoms with Gasteiger partial charge in [-0.05, 0) is 76.5 Å². The van der Waals surface area contributed by atoms with Crippen LogP contribution >= 0.6 is 11.3 Å². The predicted molar refractivity (Wildman–Crippen MR) is 121 cm³/mol. The van der Waals surface area contributed by atoms with Crippen molar-refractivity contribution in [3.63, 3.8) is 0 Å². The van der Waals surface area contributed by atoms with Crippen LogP contribution in [0.4, 0.5) is 0 Å². The summed E-state index contributed by atoms with van der Waals surface area (Å²) in [7, 11) is 4.15. The molecule has 3 atom stereocenters. The van der Waals surface area contributed by atoms with Crippen molar-refractivity contribution in [3.8, 4) is 0 Å². The monoisotopic (exact) mass is 405 g/mol. The van der Waals surface area contributed by atoms with Crippen LogP contribution in [0.2, 0.25) is 0 Å². The Hall–Kier alpha value is -1.11. The molecule has 0 spiro atoms. The molecule has 2 aliphatic heterocycles. The summed E-state index contributed by atoms with van der Waals surface area (Å²) in [5.41, 5.74) is 0. The number of guanidine groups is 1. The molecule has 2 fully saturated rings. The van der Waals surface area contributed by atoms with E-state index in [0.29, 0.717) is 12.0 Å². The number of piperidine rings is 2. The van der Waals surface area contributed by atoms with Gasteiger partial charge in [0, 0.05) is 43.6 Å². The maximum atomic E-state index is 4.45. The second kappa shape index (κ2) is 11.2. The third kappa shape index (κ3) is 5.94. The van der Waals surface area contributed by atoms with Crippen LogP contribution in [0.25, 0.3) is 0 Å². The highest BCUT2D eigenvalue weighted by molar-refractivity contribution is 7.10. The van der Waals surface area contributed by atoms with Gasteiger partial charge in [-0.2, -0.15) is 0 Å². The second-order valence-corrected chi connectivity index (χ2v) is 9.44. The SMILES string of the molecule is CN=C(NCCCN1CCCCC1C)NCC1CCCN(C)C1c1cccs1. The van der Waals surface area contributed by atoms with Crippen LogP contribution in [-0.4, -0.2) is 68.6 Å². The number of rotatable bonds is 7. The zero-order valence-electron chi connectivity index (χ0n) is 18.0. The number of hydrogen-bond acceptors (Lipinski definition) is 4. The van der Waals surface area contributed by atoms with Gasteiger partial charge in [0.25, 0.3) is 0 Å². The molecule has 28 heavy (non-hydrogen) atoms. The Morgan fingerprint density at radius 2 is 2.11 bits per heavy atom. The zero-order valence-corrected chi connectivity index (χ0v) is 18.8. The average molecular weight is 406 g/mol. The van der Waals surface area contributed by atoms with Gasteiger partial charge >= 0.3 is 0 Å². The van der Waals surface area contributed by atoms with Crippen molar-refractivity contribution in [2.24, 2.45) is 10.9 Å². The van der Waals surface area contributed by atoms with Crippen molar-refractivity contribution < 1.29 is 0 Å². The molecule has 3 unspecified atom stereocenters. The molecule has 2 aliphatic rings. The van der Waals surface area contributed by atoms with E-state index < -0.39 is 0 Å². The molecule has 0 radical (unpaired) electrons. The van der Waals surface area contributed by atoms with Crippen LogP contribution in [-0.2, 0) is 0 Å². The quantitative estimate of drug-likeness (QED) is 0.414. The van der Waals surface area contributed by atoms with Gasteiger partial charge in [0.05, 0.1) is 0 Å². The summed E-state index contributed by atoms with van der Waals surface area (Å²) in [6, 6.07) is 5.75. The topological polar surface area (TPSA) is 42.9 Å². The zero-order chi connectivity index (χ0) is 19.8. The fraction of sp³-hybridized carbons (Fsp3) is 0.773. The average Bonchev–Trinajstić information content (AvgIpc) is 3.23. The highest BCUT2D eigenvalue weighted by atomic mass is 32.1. The van der Waals surface area contributed by atoms with E-state index in [-0.39, 0.29) is 0 Å². The van der Waals surface area contributed by atoms with Crippen LogP contribution in [0, 0.1) is 5.92 Å². The largest absolute Gasteiger partial charge is 0.356 e. The van der Waals surface area contributed by atoms with E-state index in [1.165, 1.54) is 63.0 Å². The predicted octanol–water partition coefficient (Wildman–Crippen LogP) is 3.56. The lowest BCUT2D eigenvalue weighted by Gasteiger charge is -2.39. The van der Waals surface area contributed by atoms with Crippen LogP contribution < -0.4 is 10.6 Å². The van der Waals surface area contributed by atoms with E-state index >= 15 is 0 Å². The van der Waals surface area contributed by atoms with Crippen LogP contribution in [0.1, 0.15) is 56.4 Å². The third-order valence-electron chi connectivity index (χ3n) is 6.45. The summed E-state index contributed by atoms with van der Waals surface area (Å²) in [6.07, 6.45) is 7.86. The molecule has 3 rings (SSSR count). The normalized spacial score (nSPS) is 27.7. The Morgan fingerprint density at radius 1 is 1.21 bits per heavy atom. The molecule has 158 valence electrons. The van der Waals surface area contributed by atoms with E-state index in [1.807, 2.05) is 18.4 Å². The lowest BCUT2D eigenvalue weighted by Crippen LogP contribution is -2.45. The van der Waals surface area contributed by atoms with Crippen LogP contribution in [0.5, 0.6) is 0 Å². The van der Waals surface area contributed by atoms with E-state index in [4.69, 9.17) is 0 Å². The second-order valence-electron chi connectivity index (χ2n) is 8.46. The molecule has 5 nitrogen and oxygen atoms in total. The number of thiophene rings is 1. The molecule has 0 saturated carbocycles. The molecule has 2 saturated heterocycles. The van der Waals surface area contributed by atoms with Crippen LogP contribution in [0.3, 0.4) is 0 Å². The van der Waals surface area contributed by atoms with Crippen molar-refractivity contribution in [1.82, 2.24) is 20.4 Å². The van der Waals surface area contributed by atoms with Gasteiger partial charge in [0.2, 0.25) is 0 Å². The first-order valence-electron chi connectivity index (χ1n) is 11.1. The molecule has 0 bridgehead atoms. The van der Waals surface area contributed by atoms with Gasteiger partial charge in [-0.3, -0.25) is 9.89 Å². The van der Waals surface area contributed by atoms with Crippen molar-refractivity contribution in [3.05, 3.63) is 22.4 Å². The molecule has 0 amide bonds. The Balaban J connectivity index is 1.41. The standard InChI is InChI=1S/C22H39N5S/c1-18-9-4-5-14-27(18)15-8-12-24-22(23-2)25-17-19-10-6-13-26(3)21(19)20-11-7-16-28-20/h7,11,16,18-19,21H,4-6,8-10,12-15,17H2,1-3H3,(H2,23,24,25). The third-order valence-corrected chi connectivity index (χ3v) is 7.40. The highest BCUT2D eigenvalue weighted by Gasteiger charge is 2.31. The number of hydrogen-bond donors (Lipinski definition) is 2. The van der Waals surface area contributed by atoms with Gasteiger partial charge in [-0.1, -0.05) is 12.5 Å². The fourth-order valence-corrected chi connectivity index (χ4v) is 5.79. The van der Waals surface area contributed by atoms with Crippen molar-refractivity contribution in [1.29, 1.82) is 0 Å². The number of likely N-dealkylation sites (tertiary alicyclic amines) is 2. The summed E-state index contributed by atoms with van der Waals surface area (Å²) < 4.78 is 0. The summed E-state index contributed by atoms with van der Waals surface area (Å²) >= 11 is 1.89. The molecular formula is C22H39N5S. The number of aliphatic imine (C=N–C) groups is 1. The molecule has 6 heteroatoms. The molecule has 1 aromatic rings. The maximum Gasteiger partial charge on any atom is 0.190 e. The van der Waals surface area contributed by atoms with Gasteiger partial charge in [0.1, 0.15) is 0 Å². The van der Waals surface area contributed by atoms with E-state index in [1.54, 1.807) is 0 Å². The lowest BCUT2D eigenvalue weighted by atomic mass is 9.88. The van der Waals surface area contributed by atoms with Crippen LogP contribution in [0.15, 0.2) is 22.5 Å². The first kappa shape index (κ1) is 21.6. The Morgan fingerprint density at radius 3 is 2.86 bits per heavy atom. The molecule has 1 aromatic heterocycles. The fourth-order valence-electron chi connectivity index (χ4n) is 4.81. The summed E-state index contributed by atoms with van der Waals surface area (Å²) in [4.78, 5) is 11.1. The van der Waals surface area contributed by atoms with Crippen molar-refractivity contribution >= 4 is 17.3 Å². The summed E-state index contributed by atoms with van der Waals surface area (Å²) in [5, 5.41) is 9.33. The maximum absolute atomic E-state index is 4.45. The minimum Gasteiger partial charge on any atom is -0.356 e. The van der Waals surface area contributed by atoms with E-state index in [2.05, 4.69) is 56.9 Å².